The highest BCUT2D eigenvalue weighted by Gasteiger charge is 2.18. The van der Waals surface area contributed by atoms with E-state index < -0.39 is 18.0 Å². The fourth-order valence-electron chi connectivity index (χ4n) is 2.20. The smallest absolute Gasteiger partial charge is 0.331 e. The Balaban J connectivity index is 2.03. The third kappa shape index (κ3) is 5.88. The molecule has 0 aliphatic rings. The Labute approximate surface area is 167 Å². The van der Waals surface area contributed by atoms with Crippen molar-refractivity contribution in [1.29, 1.82) is 0 Å². The maximum atomic E-state index is 12.0. The lowest BCUT2D eigenvalue weighted by atomic mass is 10.3. The molecule has 1 N–H and O–H groups in total. The van der Waals surface area contributed by atoms with Gasteiger partial charge in [0.1, 0.15) is 0 Å². The first kappa shape index (κ1) is 21.0. The minimum Gasteiger partial charge on any atom is -0.449 e. The molecule has 1 aromatic carbocycles. The molecular formula is C20H21N3O4S. The van der Waals surface area contributed by atoms with Gasteiger partial charge in [-0.2, -0.15) is 0 Å². The Morgan fingerprint density at radius 3 is 2.68 bits per heavy atom. The molecule has 146 valence electrons. The fraction of sp³-hybridized carbons (Fsp3) is 0.200. The second-order valence-electron chi connectivity index (χ2n) is 5.69. The van der Waals surface area contributed by atoms with Gasteiger partial charge >= 0.3 is 5.97 Å². The number of ether oxygens (including phenoxy) is 1. The van der Waals surface area contributed by atoms with E-state index in [1.165, 1.54) is 48.3 Å². The predicted molar refractivity (Wildman–Crippen MR) is 109 cm³/mol. The van der Waals surface area contributed by atoms with E-state index in [0.717, 1.165) is 0 Å². The van der Waals surface area contributed by atoms with Crippen LogP contribution in [0.5, 0.6) is 0 Å². The second-order valence-corrected chi connectivity index (χ2v) is 6.53. The lowest BCUT2D eigenvalue weighted by Gasteiger charge is -2.17. The highest BCUT2D eigenvalue weighted by atomic mass is 32.1. The molecule has 0 bridgehead atoms. The third-order valence-corrected chi connectivity index (χ3v) is 4.35. The number of para-hydroxylation sites is 1. The number of nitrogens with one attached hydrogen (secondary N) is 1. The molecule has 1 atom stereocenters. The number of carbonyl (C=O) groups is 3. The third-order valence-electron chi connectivity index (χ3n) is 3.50. The Morgan fingerprint density at radius 2 is 2.04 bits per heavy atom. The van der Waals surface area contributed by atoms with E-state index >= 15 is 0 Å². The minimum absolute atomic E-state index is 0.171. The number of nitrogens with zero attached hydrogens (tertiary/aromatic N) is 2. The number of benzene rings is 1. The van der Waals surface area contributed by atoms with Gasteiger partial charge in [-0.05, 0) is 25.1 Å². The summed E-state index contributed by atoms with van der Waals surface area (Å²) in [5, 5.41) is 4.76. The summed E-state index contributed by atoms with van der Waals surface area (Å²) in [6.07, 6.45) is 3.28. The average molecular weight is 399 g/mol. The molecule has 0 radical (unpaired) electrons. The van der Waals surface area contributed by atoms with Crippen LogP contribution in [-0.4, -0.2) is 35.4 Å². The molecule has 2 amide bonds. The molecule has 0 saturated heterocycles. The number of hydrogen-bond donors (Lipinski definition) is 1. The van der Waals surface area contributed by atoms with Crippen LogP contribution in [0.25, 0.3) is 6.08 Å². The van der Waals surface area contributed by atoms with E-state index in [0.29, 0.717) is 23.1 Å². The van der Waals surface area contributed by atoms with Gasteiger partial charge in [-0.1, -0.05) is 24.3 Å². The van der Waals surface area contributed by atoms with Crippen molar-refractivity contribution in [2.75, 3.05) is 11.4 Å². The molecule has 0 fully saturated rings. The number of thiazole rings is 1. The van der Waals surface area contributed by atoms with Crippen molar-refractivity contribution in [1.82, 2.24) is 10.3 Å². The predicted octanol–water partition coefficient (Wildman–Crippen LogP) is 3.07. The van der Waals surface area contributed by atoms with Crippen LogP contribution in [0, 0.1) is 0 Å². The van der Waals surface area contributed by atoms with Crippen LogP contribution in [0.15, 0.2) is 54.4 Å². The van der Waals surface area contributed by atoms with Crippen LogP contribution in [0.1, 0.15) is 19.5 Å². The van der Waals surface area contributed by atoms with Gasteiger partial charge in [0.15, 0.2) is 11.2 Å². The summed E-state index contributed by atoms with van der Waals surface area (Å²) in [4.78, 5) is 41.5. The molecule has 1 heterocycles. The maximum absolute atomic E-state index is 12.0. The summed E-state index contributed by atoms with van der Waals surface area (Å²) in [7, 11) is 0. The van der Waals surface area contributed by atoms with Crippen molar-refractivity contribution < 1.29 is 19.1 Å². The summed E-state index contributed by atoms with van der Waals surface area (Å²) in [6.45, 7) is 6.73. The van der Waals surface area contributed by atoms with Crippen LogP contribution < -0.4 is 10.2 Å². The monoisotopic (exact) mass is 399 g/mol. The molecule has 0 unspecified atom stereocenters. The Kier molecular flexibility index (Phi) is 7.65. The first-order chi connectivity index (χ1) is 13.4. The SMILES string of the molecule is C=CCNC(=O)[C@@H](C)OC(=O)/C=C/c1csc(N(C(C)=O)c2ccccc2)n1. The molecule has 0 aliphatic carbocycles. The number of rotatable bonds is 8. The topological polar surface area (TPSA) is 88.6 Å². The van der Waals surface area contributed by atoms with E-state index in [1.54, 1.807) is 5.38 Å². The van der Waals surface area contributed by atoms with Gasteiger partial charge in [-0.25, -0.2) is 9.78 Å². The average Bonchev–Trinajstić information content (AvgIpc) is 3.13. The van der Waals surface area contributed by atoms with Gasteiger partial charge in [0.2, 0.25) is 5.91 Å². The Bertz CT molecular complexity index is 877. The lowest BCUT2D eigenvalue weighted by molar-refractivity contribution is -0.150. The van der Waals surface area contributed by atoms with Gasteiger partial charge in [0.25, 0.3) is 5.91 Å². The highest BCUT2D eigenvalue weighted by molar-refractivity contribution is 7.14. The van der Waals surface area contributed by atoms with Crippen LogP contribution in [-0.2, 0) is 19.1 Å². The summed E-state index contributed by atoms with van der Waals surface area (Å²) in [5.74, 6) is -1.24. The number of anilines is 2. The molecule has 8 heteroatoms. The van der Waals surface area contributed by atoms with E-state index in [4.69, 9.17) is 4.74 Å². The molecule has 0 spiro atoms. The minimum atomic E-state index is -0.922. The van der Waals surface area contributed by atoms with Gasteiger partial charge in [-0.3, -0.25) is 14.5 Å². The molecule has 0 aliphatic heterocycles. The van der Waals surface area contributed by atoms with Crippen LogP contribution >= 0.6 is 11.3 Å². The normalized spacial score (nSPS) is 11.6. The quantitative estimate of drug-likeness (QED) is 0.419. The largest absolute Gasteiger partial charge is 0.449 e. The standard InChI is InChI=1S/C20H21N3O4S/c1-4-12-21-19(26)14(2)27-18(25)11-10-16-13-28-20(22-16)23(15(3)24)17-8-6-5-7-9-17/h4-11,13-14H,1,12H2,2-3H3,(H,21,26)/b11-10+/t14-/m1/s1. The second kappa shape index (κ2) is 10.2. The van der Waals surface area contributed by atoms with Crippen molar-refractivity contribution in [2.45, 2.75) is 20.0 Å². The number of esters is 1. The first-order valence-corrected chi connectivity index (χ1v) is 9.39. The summed E-state index contributed by atoms with van der Waals surface area (Å²) < 4.78 is 5.03. The zero-order valence-electron chi connectivity index (χ0n) is 15.6. The number of hydrogen-bond acceptors (Lipinski definition) is 6. The van der Waals surface area contributed by atoms with Gasteiger partial charge < -0.3 is 10.1 Å². The van der Waals surface area contributed by atoms with Crippen molar-refractivity contribution in [2.24, 2.45) is 0 Å². The van der Waals surface area contributed by atoms with E-state index in [-0.39, 0.29) is 5.91 Å². The molecule has 2 aromatic rings. The van der Waals surface area contributed by atoms with Crippen LogP contribution in [0.4, 0.5) is 10.8 Å². The summed E-state index contributed by atoms with van der Waals surface area (Å²) in [5.41, 5.74) is 1.21. The maximum Gasteiger partial charge on any atom is 0.331 e. The molecule has 0 saturated carbocycles. The number of amides is 2. The van der Waals surface area contributed by atoms with E-state index in [9.17, 15) is 14.4 Å². The van der Waals surface area contributed by atoms with Crippen molar-refractivity contribution in [3.63, 3.8) is 0 Å². The fourth-order valence-corrected chi connectivity index (χ4v) is 3.05. The zero-order valence-corrected chi connectivity index (χ0v) is 16.4. The highest BCUT2D eigenvalue weighted by Crippen LogP contribution is 2.28. The zero-order chi connectivity index (χ0) is 20.5. The first-order valence-electron chi connectivity index (χ1n) is 8.51. The van der Waals surface area contributed by atoms with Crippen LogP contribution in [0.3, 0.4) is 0 Å². The van der Waals surface area contributed by atoms with E-state index in [1.807, 2.05) is 30.3 Å². The lowest BCUT2D eigenvalue weighted by Crippen LogP contribution is -2.35. The van der Waals surface area contributed by atoms with Crippen molar-refractivity contribution in [3.8, 4) is 0 Å². The van der Waals surface area contributed by atoms with Gasteiger partial charge in [-0.15, -0.1) is 17.9 Å². The van der Waals surface area contributed by atoms with E-state index in [2.05, 4.69) is 16.9 Å². The summed E-state index contributed by atoms with van der Waals surface area (Å²) >= 11 is 1.28. The van der Waals surface area contributed by atoms with Gasteiger partial charge in [0.05, 0.1) is 11.4 Å². The van der Waals surface area contributed by atoms with Crippen molar-refractivity contribution in [3.05, 3.63) is 60.1 Å². The number of carbonyl (C=O) groups excluding carboxylic acids is 3. The molecular weight excluding hydrogens is 378 g/mol. The van der Waals surface area contributed by atoms with Gasteiger partial charge in [0, 0.05) is 24.9 Å². The Hall–Kier alpha value is -3.26. The molecule has 7 nitrogen and oxygen atoms in total. The molecule has 1 aromatic heterocycles. The Morgan fingerprint density at radius 1 is 1.32 bits per heavy atom. The molecule has 28 heavy (non-hydrogen) atoms. The van der Waals surface area contributed by atoms with Crippen LogP contribution in [0.2, 0.25) is 0 Å². The number of aromatic nitrogens is 1. The summed E-state index contributed by atoms with van der Waals surface area (Å²) in [6, 6.07) is 9.16. The van der Waals surface area contributed by atoms with Crippen molar-refractivity contribution >= 4 is 46.0 Å². The molecule has 2 rings (SSSR count).